The van der Waals surface area contributed by atoms with Gasteiger partial charge in [0.25, 0.3) is 5.91 Å². The SMILES string of the molecule is COc1cccc(C(=O)N2CCCC23CCCN(C2CCC(O)CC2)C3=O)c1C. The second-order valence-corrected chi connectivity index (χ2v) is 8.79. The van der Waals surface area contributed by atoms with Crippen molar-refractivity contribution < 1.29 is 19.4 Å². The fourth-order valence-corrected chi connectivity index (χ4v) is 5.61. The lowest BCUT2D eigenvalue weighted by Gasteiger charge is -2.48. The summed E-state index contributed by atoms with van der Waals surface area (Å²) in [5, 5.41) is 9.84. The van der Waals surface area contributed by atoms with Crippen LogP contribution in [0.25, 0.3) is 0 Å². The molecule has 2 heterocycles. The minimum Gasteiger partial charge on any atom is -0.496 e. The molecule has 6 nitrogen and oxygen atoms in total. The zero-order valence-corrected chi connectivity index (χ0v) is 17.5. The number of amides is 2. The summed E-state index contributed by atoms with van der Waals surface area (Å²) < 4.78 is 5.40. The number of hydrogen-bond acceptors (Lipinski definition) is 4. The normalized spacial score (nSPS) is 30.1. The highest BCUT2D eigenvalue weighted by Crippen LogP contribution is 2.41. The van der Waals surface area contributed by atoms with Gasteiger partial charge in [-0.25, -0.2) is 0 Å². The molecular formula is C23H32N2O4. The number of carbonyl (C=O) groups is 2. The van der Waals surface area contributed by atoms with E-state index in [0.717, 1.165) is 63.5 Å². The van der Waals surface area contributed by atoms with Gasteiger partial charge >= 0.3 is 0 Å². The Kier molecular flexibility index (Phi) is 5.56. The number of piperidine rings is 1. The fourth-order valence-electron chi connectivity index (χ4n) is 5.61. The maximum Gasteiger partial charge on any atom is 0.255 e. The van der Waals surface area contributed by atoms with Crippen molar-refractivity contribution >= 4 is 11.8 Å². The Morgan fingerprint density at radius 1 is 1.14 bits per heavy atom. The molecular weight excluding hydrogens is 368 g/mol. The summed E-state index contributed by atoms with van der Waals surface area (Å²) in [6.45, 7) is 3.29. The van der Waals surface area contributed by atoms with Crippen molar-refractivity contribution in [2.75, 3.05) is 20.2 Å². The average Bonchev–Trinajstić information content (AvgIpc) is 3.15. The van der Waals surface area contributed by atoms with Crippen molar-refractivity contribution in [3.8, 4) is 5.75 Å². The van der Waals surface area contributed by atoms with E-state index in [-0.39, 0.29) is 24.0 Å². The van der Waals surface area contributed by atoms with Crippen LogP contribution in [0.5, 0.6) is 5.75 Å². The minimum atomic E-state index is -0.707. The zero-order valence-electron chi connectivity index (χ0n) is 17.5. The van der Waals surface area contributed by atoms with Gasteiger partial charge < -0.3 is 19.6 Å². The number of benzene rings is 1. The first-order chi connectivity index (χ1) is 14.0. The van der Waals surface area contributed by atoms with Gasteiger partial charge in [-0.2, -0.15) is 0 Å². The first kappa shape index (κ1) is 20.2. The van der Waals surface area contributed by atoms with Crippen molar-refractivity contribution in [2.45, 2.75) is 76.0 Å². The molecule has 1 aliphatic carbocycles. The average molecular weight is 401 g/mol. The number of ether oxygens (including phenoxy) is 1. The van der Waals surface area contributed by atoms with Crippen LogP contribution in [-0.4, -0.2) is 64.6 Å². The third-order valence-corrected chi connectivity index (χ3v) is 7.22. The molecule has 1 N–H and O–H groups in total. The Morgan fingerprint density at radius 3 is 2.52 bits per heavy atom. The largest absolute Gasteiger partial charge is 0.496 e. The molecule has 6 heteroatoms. The quantitative estimate of drug-likeness (QED) is 0.847. The molecule has 2 aliphatic heterocycles. The Bertz CT molecular complexity index is 787. The van der Waals surface area contributed by atoms with Crippen LogP contribution in [0.15, 0.2) is 18.2 Å². The molecule has 1 saturated carbocycles. The van der Waals surface area contributed by atoms with Crippen LogP contribution >= 0.6 is 0 Å². The highest BCUT2D eigenvalue weighted by molar-refractivity contribution is 6.01. The standard InChI is InChI=1S/C23H32N2O4/c1-16-19(6-3-7-20(16)29-2)21(27)25-15-5-13-23(25)12-4-14-24(22(23)28)17-8-10-18(26)11-9-17/h3,6-7,17-18,26H,4-5,8-15H2,1-2H3. The van der Waals surface area contributed by atoms with Gasteiger partial charge in [-0.15, -0.1) is 0 Å². The molecule has 4 rings (SSSR count). The van der Waals surface area contributed by atoms with E-state index in [1.165, 1.54) is 0 Å². The van der Waals surface area contributed by atoms with Gasteiger partial charge in [0, 0.05) is 30.3 Å². The van der Waals surface area contributed by atoms with Gasteiger partial charge in [0.05, 0.1) is 13.2 Å². The van der Waals surface area contributed by atoms with E-state index in [4.69, 9.17) is 4.74 Å². The van der Waals surface area contributed by atoms with E-state index in [9.17, 15) is 14.7 Å². The van der Waals surface area contributed by atoms with Gasteiger partial charge in [0.15, 0.2) is 0 Å². The van der Waals surface area contributed by atoms with Crippen LogP contribution in [0, 0.1) is 6.92 Å². The van der Waals surface area contributed by atoms with Gasteiger partial charge in [0.1, 0.15) is 11.3 Å². The summed E-state index contributed by atoms with van der Waals surface area (Å²) in [6.07, 6.45) is 6.25. The molecule has 1 spiro atoms. The molecule has 0 bridgehead atoms. The minimum absolute atomic E-state index is 0.0619. The Balaban J connectivity index is 1.61. The Labute approximate surface area is 172 Å². The van der Waals surface area contributed by atoms with E-state index in [0.29, 0.717) is 17.9 Å². The maximum absolute atomic E-state index is 13.7. The monoisotopic (exact) mass is 400 g/mol. The lowest BCUT2D eigenvalue weighted by molar-refractivity contribution is -0.149. The van der Waals surface area contributed by atoms with Crippen LogP contribution < -0.4 is 4.74 Å². The number of carbonyl (C=O) groups excluding carboxylic acids is 2. The lowest BCUT2D eigenvalue weighted by Crippen LogP contribution is -2.63. The van der Waals surface area contributed by atoms with E-state index in [2.05, 4.69) is 0 Å². The van der Waals surface area contributed by atoms with Gasteiger partial charge in [-0.05, 0) is 70.4 Å². The van der Waals surface area contributed by atoms with Crippen LogP contribution in [0.1, 0.15) is 67.3 Å². The Morgan fingerprint density at radius 2 is 1.83 bits per heavy atom. The summed E-state index contributed by atoms with van der Waals surface area (Å²) in [7, 11) is 1.61. The number of methoxy groups -OCH3 is 1. The Hall–Kier alpha value is -2.08. The highest BCUT2D eigenvalue weighted by Gasteiger charge is 2.54. The van der Waals surface area contributed by atoms with E-state index in [1.54, 1.807) is 7.11 Å². The van der Waals surface area contributed by atoms with Crippen molar-refractivity contribution in [2.24, 2.45) is 0 Å². The molecule has 3 aliphatic rings. The summed E-state index contributed by atoms with van der Waals surface area (Å²) in [4.78, 5) is 31.2. The van der Waals surface area contributed by atoms with Crippen LogP contribution in [0.4, 0.5) is 0 Å². The molecule has 1 unspecified atom stereocenters. The molecule has 3 fully saturated rings. The predicted octanol–water partition coefficient (Wildman–Crippen LogP) is 2.90. The first-order valence-corrected chi connectivity index (χ1v) is 10.9. The molecule has 29 heavy (non-hydrogen) atoms. The van der Waals surface area contributed by atoms with Crippen LogP contribution in [-0.2, 0) is 4.79 Å². The second kappa shape index (κ2) is 7.98. The first-order valence-electron chi connectivity index (χ1n) is 10.9. The molecule has 2 amide bonds. The number of nitrogens with zero attached hydrogens (tertiary/aromatic N) is 2. The number of hydrogen-bond donors (Lipinski definition) is 1. The zero-order chi connectivity index (χ0) is 20.6. The van der Waals surface area contributed by atoms with E-state index < -0.39 is 5.54 Å². The van der Waals surface area contributed by atoms with Crippen molar-refractivity contribution in [3.63, 3.8) is 0 Å². The highest BCUT2D eigenvalue weighted by atomic mass is 16.5. The summed E-state index contributed by atoms with van der Waals surface area (Å²) in [6, 6.07) is 5.72. The predicted molar refractivity (Wildman–Crippen MR) is 110 cm³/mol. The summed E-state index contributed by atoms with van der Waals surface area (Å²) >= 11 is 0. The van der Waals surface area contributed by atoms with Crippen LogP contribution in [0.2, 0.25) is 0 Å². The third-order valence-electron chi connectivity index (χ3n) is 7.22. The molecule has 1 atom stereocenters. The van der Waals surface area contributed by atoms with Gasteiger partial charge in [-0.1, -0.05) is 6.07 Å². The van der Waals surface area contributed by atoms with Crippen molar-refractivity contribution in [1.82, 2.24) is 9.80 Å². The molecule has 1 aromatic rings. The van der Waals surface area contributed by atoms with E-state index in [1.807, 2.05) is 34.9 Å². The number of aliphatic hydroxyl groups excluding tert-OH is 1. The number of rotatable bonds is 3. The molecule has 0 radical (unpaired) electrons. The van der Waals surface area contributed by atoms with E-state index >= 15 is 0 Å². The lowest BCUT2D eigenvalue weighted by atomic mass is 9.82. The topological polar surface area (TPSA) is 70.1 Å². The van der Waals surface area contributed by atoms with Gasteiger partial charge in [0.2, 0.25) is 5.91 Å². The van der Waals surface area contributed by atoms with Crippen LogP contribution in [0.3, 0.4) is 0 Å². The molecule has 158 valence electrons. The fraction of sp³-hybridized carbons (Fsp3) is 0.652. The second-order valence-electron chi connectivity index (χ2n) is 8.79. The summed E-state index contributed by atoms with van der Waals surface area (Å²) in [5.74, 6) is 0.756. The molecule has 0 aromatic heterocycles. The molecule has 2 saturated heterocycles. The summed E-state index contributed by atoms with van der Waals surface area (Å²) in [5.41, 5.74) is 0.737. The third kappa shape index (κ3) is 3.41. The van der Waals surface area contributed by atoms with Crippen molar-refractivity contribution in [1.29, 1.82) is 0 Å². The number of aliphatic hydroxyl groups is 1. The van der Waals surface area contributed by atoms with Crippen molar-refractivity contribution in [3.05, 3.63) is 29.3 Å². The smallest absolute Gasteiger partial charge is 0.255 e. The number of likely N-dealkylation sites (tertiary alicyclic amines) is 2. The van der Waals surface area contributed by atoms with Gasteiger partial charge in [-0.3, -0.25) is 9.59 Å². The maximum atomic E-state index is 13.7. The molecule has 1 aromatic carbocycles.